The fraction of sp³-hybridized carbons (Fsp3) is 0.750. The molecule has 8 heteroatoms. The van der Waals surface area contributed by atoms with Gasteiger partial charge in [-0.05, 0) is 13.3 Å². The highest BCUT2D eigenvalue weighted by atomic mass is 16.5. The maximum Gasteiger partial charge on any atom is 0.239 e. The molecule has 132 valence electrons. The molecule has 1 aromatic heterocycles. The van der Waals surface area contributed by atoms with E-state index in [0.717, 1.165) is 18.7 Å². The highest BCUT2D eigenvalue weighted by molar-refractivity contribution is 5.81. The van der Waals surface area contributed by atoms with Crippen LogP contribution in [-0.2, 0) is 16.0 Å². The van der Waals surface area contributed by atoms with Gasteiger partial charge in [0.1, 0.15) is 11.9 Å². The molecule has 2 unspecified atom stereocenters. The molecule has 1 fully saturated rings. The zero-order valence-electron chi connectivity index (χ0n) is 14.7. The van der Waals surface area contributed by atoms with Gasteiger partial charge < -0.3 is 9.64 Å². The van der Waals surface area contributed by atoms with Crippen molar-refractivity contribution >= 4 is 5.91 Å². The summed E-state index contributed by atoms with van der Waals surface area (Å²) in [5.74, 6) is 1.54. The molecule has 0 bridgehead atoms. The zero-order valence-corrected chi connectivity index (χ0v) is 14.7. The molecule has 8 nitrogen and oxygen atoms in total. The van der Waals surface area contributed by atoms with Gasteiger partial charge in [0.05, 0.1) is 25.1 Å². The van der Waals surface area contributed by atoms with Gasteiger partial charge in [0, 0.05) is 33.1 Å². The Morgan fingerprint density at radius 2 is 2.42 bits per heavy atom. The molecule has 0 saturated carbocycles. The molecule has 2 rings (SSSR count). The van der Waals surface area contributed by atoms with Crippen molar-refractivity contribution in [2.75, 3.05) is 33.3 Å². The van der Waals surface area contributed by atoms with Crippen LogP contribution in [0.15, 0.2) is 0 Å². The highest BCUT2D eigenvalue weighted by Crippen LogP contribution is 2.21. The Balaban J connectivity index is 1.96. The number of nitriles is 1. The number of nitrogens with one attached hydrogen (secondary N) is 1. The quantitative estimate of drug-likeness (QED) is 0.795. The second-order valence-electron chi connectivity index (χ2n) is 6.09. The van der Waals surface area contributed by atoms with Crippen LogP contribution < -0.4 is 0 Å². The van der Waals surface area contributed by atoms with Crippen LogP contribution >= 0.6 is 0 Å². The molecule has 0 aliphatic carbocycles. The number of aromatic amines is 1. The second-order valence-corrected chi connectivity index (χ2v) is 6.09. The van der Waals surface area contributed by atoms with Crippen LogP contribution in [-0.4, -0.2) is 70.2 Å². The maximum atomic E-state index is 12.5. The van der Waals surface area contributed by atoms with Crippen LogP contribution in [0.4, 0.5) is 0 Å². The molecular weight excluding hydrogens is 308 g/mol. The topological polar surface area (TPSA) is 98.1 Å². The largest absolute Gasteiger partial charge is 0.367 e. The number of aromatic nitrogens is 3. The number of likely N-dealkylation sites (N-methyl/N-ethyl adjacent to an activating group) is 1. The van der Waals surface area contributed by atoms with Crippen molar-refractivity contribution in [3.05, 3.63) is 11.6 Å². The average Bonchev–Trinajstić information content (AvgIpc) is 3.07. The van der Waals surface area contributed by atoms with Crippen molar-refractivity contribution in [3.63, 3.8) is 0 Å². The van der Waals surface area contributed by atoms with E-state index >= 15 is 0 Å². The van der Waals surface area contributed by atoms with Gasteiger partial charge >= 0.3 is 0 Å². The van der Waals surface area contributed by atoms with Crippen LogP contribution in [0.5, 0.6) is 0 Å². The standard InChI is InChI=1S/C16H26N6O2/c1-4-6-14-18-15(20-19-14)13-11-22(9-10-24-13)12(2)16(23)21(3)8-5-7-17/h12-13H,4-6,8-11H2,1-3H3,(H,18,19,20). The smallest absolute Gasteiger partial charge is 0.239 e. The Bertz CT molecular complexity index is 581. The lowest BCUT2D eigenvalue weighted by atomic mass is 10.2. The van der Waals surface area contributed by atoms with Gasteiger partial charge in [-0.3, -0.25) is 14.8 Å². The summed E-state index contributed by atoms with van der Waals surface area (Å²) in [7, 11) is 1.74. The van der Waals surface area contributed by atoms with Crippen molar-refractivity contribution < 1.29 is 9.53 Å². The van der Waals surface area contributed by atoms with Crippen molar-refractivity contribution in [1.82, 2.24) is 25.0 Å². The lowest BCUT2D eigenvalue weighted by Crippen LogP contribution is -2.50. The first kappa shape index (κ1) is 18.4. The number of carbonyl (C=O) groups is 1. The van der Waals surface area contributed by atoms with Crippen molar-refractivity contribution in [2.24, 2.45) is 0 Å². The summed E-state index contributed by atoms with van der Waals surface area (Å²) < 4.78 is 5.79. The van der Waals surface area contributed by atoms with Gasteiger partial charge in [0.25, 0.3) is 0 Å². The Kier molecular flexibility index (Phi) is 6.70. The Labute approximate surface area is 142 Å². The van der Waals surface area contributed by atoms with Crippen molar-refractivity contribution in [1.29, 1.82) is 5.26 Å². The predicted octanol–water partition coefficient (Wildman–Crippen LogP) is 0.891. The molecule has 1 aliphatic heterocycles. The van der Waals surface area contributed by atoms with Crippen LogP contribution in [0.3, 0.4) is 0 Å². The van der Waals surface area contributed by atoms with E-state index in [-0.39, 0.29) is 18.1 Å². The maximum absolute atomic E-state index is 12.5. The summed E-state index contributed by atoms with van der Waals surface area (Å²) in [6.45, 7) is 6.27. The summed E-state index contributed by atoms with van der Waals surface area (Å²) in [6.07, 6.45) is 1.99. The van der Waals surface area contributed by atoms with Crippen LogP contribution in [0, 0.1) is 11.3 Å². The second kappa shape index (κ2) is 8.76. The normalized spacial score (nSPS) is 19.7. The summed E-state index contributed by atoms with van der Waals surface area (Å²) >= 11 is 0. The Morgan fingerprint density at radius 1 is 1.62 bits per heavy atom. The first-order valence-electron chi connectivity index (χ1n) is 8.45. The average molecular weight is 334 g/mol. The van der Waals surface area contributed by atoms with Gasteiger partial charge in [0.2, 0.25) is 5.91 Å². The lowest BCUT2D eigenvalue weighted by Gasteiger charge is -2.36. The molecule has 2 heterocycles. The zero-order chi connectivity index (χ0) is 17.5. The predicted molar refractivity (Wildman–Crippen MR) is 88.0 cm³/mol. The third-order valence-corrected chi connectivity index (χ3v) is 4.26. The third-order valence-electron chi connectivity index (χ3n) is 4.26. The Hall–Kier alpha value is -1.98. The van der Waals surface area contributed by atoms with Gasteiger partial charge in [0.15, 0.2) is 5.82 Å². The van der Waals surface area contributed by atoms with E-state index in [1.165, 1.54) is 0 Å². The monoisotopic (exact) mass is 334 g/mol. The molecule has 2 atom stereocenters. The number of morpholine rings is 1. The van der Waals surface area contributed by atoms with Gasteiger partial charge in [-0.1, -0.05) is 6.92 Å². The molecule has 0 radical (unpaired) electrons. The molecule has 24 heavy (non-hydrogen) atoms. The number of hydrogen-bond donors (Lipinski definition) is 1. The van der Waals surface area contributed by atoms with Crippen LogP contribution in [0.2, 0.25) is 0 Å². The summed E-state index contributed by atoms with van der Waals surface area (Å²) in [6, 6.07) is 1.81. The molecule has 0 spiro atoms. The minimum atomic E-state index is -0.255. The molecule has 1 amide bonds. The van der Waals surface area contributed by atoms with E-state index in [1.807, 2.05) is 6.92 Å². The van der Waals surface area contributed by atoms with Crippen molar-refractivity contribution in [2.45, 2.75) is 45.3 Å². The van der Waals surface area contributed by atoms with E-state index in [9.17, 15) is 4.79 Å². The van der Waals surface area contributed by atoms with E-state index in [2.05, 4.69) is 33.1 Å². The number of amides is 1. The number of nitrogens with zero attached hydrogens (tertiary/aromatic N) is 5. The number of ether oxygens (including phenoxy) is 1. The summed E-state index contributed by atoms with van der Waals surface area (Å²) in [5.41, 5.74) is 0. The summed E-state index contributed by atoms with van der Waals surface area (Å²) in [5, 5.41) is 15.9. The lowest BCUT2D eigenvalue weighted by molar-refractivity contribution is -0.138. The Morgan fingerprint density at radius 3 is 3.12 bits per heavy atom. The molecule has 1 aliphatic rings. The van der Waals surface area contributed by atoms with Crippen LogP contribution in [0.25, 0.3) is 0 Å². The minimum absolute atomic E-state index is 0.0209. The number of rotatable bonds is 7. The van der Waals surface area contributed by atoms with Crippen molar-refractivity contribution in [3.8, 4) is 6.07 Å². The van der Waals surface area contributed by atoms with E-state index in [0.29, 0.717) is 38.5 Å². The fourth-order valence-corrected chi connectivity index (χ4v) is 2.78. The number of H-pyrrole nitrogens is 1. The summed E-state index contributed by atoms with van der Waals surface area (Å²) in [4.78, 5) is 20.7. The number of aryl methyl sites for hydroxylation is 1. The first-order valence-corrected chi connectivity index (χ1v) is 8.45. The highest BCUT2D eigenvalue weighted by Gasteiger charge is 2.31. The number of hydrogen-bond acceptors (Lipinski definition) is 6. The van der Waals surface area contributed by atoms with E-state index in [1.54, 1.807) is 11.9 Å². The third kappa shape index (κ3) is 4.52. The van der Waals surface area contributed by atoms with Gasteiger partial charge in [-0.25, -0.2) is 4.98 Å². The molecular formula is C16H26N6O2. The van der Waals surface area contributed by atoms with Crippen LogP contribution in [0.1, 0.15) is 44.4 Å². The molecule has 1 N–H and O–H groups in total. The fourth-order valence-electron chi connectivity index (χ4n) is 2.78. The molecule has 1 aromatic rings. The minimum Gasteiger partial charge on any atom is -0.367 e. The molecule has 0 aromatic carbocycles. The van der Waals surface area contributed by atoms with E-state index < -0.39 is 0 Å². The van der Waals surface area contributed by atoms with E-state index in [4.69, 9.17) is 10.00 Å². The van der Waals surface area contributed by atoms with Gasteiger partial charge in [-0.15, -0.1) is 0 Å². The first-order chi connectivity index (χ1) is 11.6. The molecule has 1 saturated heterocycles. The van der Waals surface area contributed by atoms with Gasteiger partial charge in [-0.2, -0.15) is 10.4 Å². The number of carbonyl (C=O) groups excluding carboxylic acids is 1. The SMILES string of the molecule is CCCc1nc(C2CN(C(C)C(=O)N(C)CCC#N)CCO2)n[nH]1.